The predicted molar refractivity (Wildman–Crippen MR) is 81.0 cm³/mol. The van der Waals surface area contributed by atoms with Gasteiger partial charge in [0, 0.05) is 12.6 Å². The minimum atomic E-state index is 0.699. The minimum absolute atomic E-state index is 0.699. The molecule has 1 heterocycles. The Morgan fingerprint density at radius 2 is 2.00 bits per heavy atom. The van der Waals surface area contributed by atoms with Crippen LogP contribution < -0.4 is 5.32 Å². The van der Waals surface area contributed by atoms with Crippen LogP contribution in [0.25, 0.3) is 0 Å². The first kappa shape index (κ1) is 16.0. The predicted octanol–water partition coefficient (Wildman–Crippen LogP) is 3.52. The molecular weight excluding hydrogens is 220 g/mol. The van der Waals surface area contributed by atoms with E-state index in [1.807, 2.05) is 0 Å². The van der Waals surface area contributed by atoms with Crippen molar-refractivity contribution in [3.8, 4) is 0 Å². The van der Waals surface area contributed by atoms with Crippen molar-refractivity contribution < 1.29 is 0 Å². The van der Waals surface area contributed by atoms with Crippen molar-refractivity contribution in [2.75, 3.05) is 26.2 Å². The number of nitrogens with one attached hydrogen (secondary N) is 1. The van der Waals surface area contributed by atoms with Crippen molar-refractivity contribution in [3.63, 3.8) is 0 Å². The molecule has 1 aliphatic rings. The van der Waals surface area contributed by atoms with E-state index in [1.165, 1.54) is 58.3 Å². The first-order chi connectivity index (χ1) is 8.63. The van der Waals surface area contributed by atoms with Crippen LogP contribution in [-0.4, -0.2) is 37.1 Å². The summed E-state index contributed by atoms with van der Waals surface area (Å²) in [4.78, 5) is 2.68. The van der Waals surface area contributed by atoms with Gasteiger partial charge in [-0.2, -0.15) is 0 Å². The Morgan fingerprint density at radius 1 is 1.22 bits per heavy atom. The highest BCUT2D eigenvalue weighted by Gasteiger charge is 2.21. The molecule has 0 aromatic carbocycles. The van der Waals surface area contributed by atoms with Crippen molar-refractivity contribution in [2.45, 2.75) is 65.8 Å². The van der Waals surface area contributed by atoms with E-state index in [0.717, 1.165) is 11.8 Å². The summed E-state index contributed by atoms with van der Waals surface area (Å²) in [7, 11) is 0. The van der Waals surface area contributed by atoms with Crippen LogP contribution in [0, 0.1) is 11.8 Å². The Labute approximate surface area is 115 Å². The zero-order chi connectivity index (χ0) is 13.4. The molecule has 0 bridgehead atoms. The number of unbranched alkanes of at least 4 members (excludes halogenated alkanes) is 1. The molecule has 2 nitrogen and oxygen atoms in total. The molecule has 1 N–H and O–H groups in total. The van der Waals surface area contributed by atoms with Gasteiger partial charge in [-0.15, -0.1) is 0 Å². The Hall–Kier alpha value is -0.0800. The summed E-state index contributed by atoms with van der Waals surface area (Å²) in [5.74, 6) is 1.82. The van der Waals surface area contributed by atoms with Gasteiger partial charge in [-0.3, -0.25) is 0 Å². The van der Waals surface area contributed by atoms with Gasteiger partial charge < -0.3 is 10.2 Å². The van der Waals surface area contributed by atoms with E-state index < -0.39 is 0 Å². The Bertz CT molecular complexity index is 205. The molecule has 3 atom stereocenters. The quantitative estimate of drug-likeness (QED) is 0.667. The van der Waals surface area contributed by atoms with Crippen molar-refractivity contribution >= 4 is 0 Å². The molecule has 0 spiro atoms. The summed E-state index contributed by atoms with van der Waals surface area (Å²) < 4.78 is 0. The molecule has 0 saturated carbocycles. The molecular formula is C16H34N2. The average molecular weight is 254 g/mol. The Kier molecular flexibility index (Phi) is 7.92. The number of likely N-dealkylation sites (tertiary alicyclic amines) is 1. The van der Waals surface area contributed by atoms with Gasteiger partial charge in [0.05, 0.1) is 0 Å². The fourth-order valence-corrected chi connectivity index (χ4v) is 2.83. The monoisotopic (exact) mass is 254 g/mol. The van der Waals surface area contributed by atoms with Gasteiger partial charge in [0.15, 0.2) is 0 Å². The number of nitrogens with zero attached hydrogens (tertiary/aromatic N) is 1. The van der Waals surface area contributed by atoms with Gasteiger partial charge in [-0.25, -0.2) is 0 Å². The Morgan fingerprint density at radius 3 is 2.67 bits per heavy atom. The summed E-state index contributed by atoms with van der Waals surface area (Å²) in [6.07, 6.45) is 6.72. The van der Waals surface area contributed by atoms with Crippen LogP contribution in [0.1, 0.15) is 59.8 Å². The highest BCUT2D eigenvalue weighted by molar-refractivity contribution is 4.75. The molecule has 18 heavy (non-hydrogen) atoms. The second-order valence-corrected chi connectivity index (χ2v) is 6.39. The summed E-state index contributed by atoms with van der Waals surface area (Å²) >= 11 is 0. The third kappa shape index (κ3) is 6.19. The maximum absolute atomic E-state index is 3.57. The third-order valence-electron chi connectivity index (χ3n) is 4.52. The number of hydrogen-bond donors (Lipinski definition) is 1. The van der Waals surface area contributed by atoms with Gasteiger partial charge >= 0.3 is 0 Å². The van der Waals surface area contributed by atoms with Crippen molar-refractivity contribution in [2.24, 2.45) is 11.8 Å². The largest absolute Gasteiger partial charge is 0.314 e. The van der Waals surface area contributed by atoms with Crippen molar-refractivity contribution in [3.05, 3.63) is 0 Å². The Balaban J connectivity index is 2.01. The molecule has 0 aromatic heterocycles. The standard InChI is InChI=1S/C16H34N2/c1-5-10-17-16(4)8-6-7-11-18-12-9-14(2)15(3)13-18/h14-17H,5-13H2,1-4H3. The van der Waals surface area contributed by atoms with E-state index in [1.54, 1.807) is 0 Å². The molecule has 1 rings (SSSR count). The smallest absolute Gasteiger partial charge is 0.00387 e. The van der Waals surface area contributed by atoms with Crippen LogP contribution in [0.3, 0.4) is 0 Å². The normalized spacial score (nSPS) is 27.3. The third-order valence-corrected chi connectivity index (χ3v) is 4.52. The van der Waals surface area contributed by atoms with Gasteiger partial charge in [0.25, 0.3) is 0 Å². The first-order valence-electron chi connectivity index (χ1n) is 8.09. The molecule has 1 fully saturated rings. The summed E-state index contributed by atoms with van der Waals surface area (Å²) in [6, 6.07) is 0.699. The van der Waals surface area contributed by atoms with Crippen LogP contribution in [0.4, 0.5) is 0 Å². The lowest BCUT2D eigenvalue weighted by Crippen LogP contribution is -2.38. The van der Waals surface area contributed by atoms with Gasteiger partial charge in [0.1, 0.15) is 0 Å². The zero-order valence-electron chi connectivity index (χ0n) is 13.0. The minimum Gasteiger partial charge on any atom is -0.314 e. The molecule has 2 heteroatoms. The number of hydrogen-bond acceptors (Lipinski definition) is 2. The van der Waals surface area contributed by atoms with E-state index in [4.69, 9.17) is 0 Å². The number of rotatable bonds is 8. The van der Waals surface area contributed by atoms with Crippen molar-refractivity contribution in [1.29, 1.82) is 0 Å². The second kappa shape index (κ2) is 8.92. The summed E-state index contributed by atoms with van der Waals surface area (Å²) in [5, 5.41) is 3.57. The van der Waals surface area contributed by atoms with E-state index in [-0.39, 0.29) is 0 Å². The molecule has 3 unspecified atom stereocenters. The highest BCUT2D eigenvalue weighted by Crippen LogP contribution is 2.22. The lowest BCUT2D eigenvalue weighted by molar-refractivity contribution is 0.136. The first-order valence-corrected chi connectivity index (χ1v) is 8.09. The topological polar surface area (TPSA) is 15.3 Å². The van der Waals surface area contributed by atoms with Crippen LogP contribution in [-0.2, 0) is 0 Å². The molecule has 0 radical (unpaired) electrons. The lowest BCUT2D eigenvalue weighted by atomic mass is 9.88. The zero-order valence-corrected chi connectivity index (χ0v) is 13.0. The van der Waals surface area contributed by atoms with E-state index in [0.29, 0.717) is 6.04 Å². The lowest BCUT2D eigenvalue weighted by Gasteiger charge is -2.35. The highest BCUT2D eigenvalue weighted by atomic mass is 15.1. The molecule has 1 saturated heterocycles. The fourth-order valence-electron chi connectivity index (χ4n) is 2.83. The van der Waals surface area contributed by atoms with Crippen LogP contribution in [0.5, 0.6) is 0 Å². The molecule has 108 valence electrons. The van der Waals surface area contributed by atoms with E-state index in [9.17, 15) is 0 Å². The van der Waals surface area contributed by atoms with Gasteiger partial charge in [-0.1, -0.05) is 27.2 Å². The molecule has 0 aromatic rings. The van der Waals surface area contributed by atoms with E-state index >= 15 is 0 Å². The van der Waals surface area contributed by atoms with Gasteiger partial charge in [-0.05, 0) is 64.1 Å². The van der Waals surface area contributed by atoms with Crippen LogP contribution >= 0.6 is 0 Å². The van der Waals surface area contributed by atoms with Crippen LogP contribution in [0.2, 0.25) is 0 Å². The molecule has 0 aliphatic carbocycles. The molecule has 0 amide bonds. The SMILES string of the molecule is CCCNC(C)CCCCN1CCC(C)C(C)C1. The van der Waals surface area contributed by atoms with Crippen molar-refractivity contribution in [1.82, 2.24) is 10.2 Å². The summed E-state index contributed by atoms with van der Waals surface area (Å²) in [5.41, 5.74) is 0. The maximum atomic E-state index is 3.57. The van der Waals surface area contributed by atoms with E-state index in [2.05, 4.69) is 37.9 Å². The summed E-state index contributed by atoms with van der Waals surface area (Å²) in [6.45, 7) is 14.5. The molecule has 1 aliphatic heterocycles. The average Bonchev–Trinajstić information content (AvgIpc) is 2.36. The maximum Gasteiger partial charge on any atom is 0.00387 e. The second-order valence-electron chi connectivity index (χ2n) is 6.39. The fraction of sp³-hybridized carbons (Fsp3) is 1.00. The number of piperidine rings is 1. The van der Waals surface area contributed by atoms with Gasteiger partial charge in [0.2, 0.25) is 0 Å². The van der Waals surface area contributed by atoms with Crippen LogP contribution in [0.15, 0.2) is 0 Å².